The van der Waals surface area contributed by atoms with Gasteiger partial charge in [0.1, 0.15) is 5.82 Å². The molecule has 1 amide bonds. The van der Waals surface area contributed by atoms with Gasteiger partial charge in [-0.2, -0.15) is 0 Å². The van der Waals surface area contributed by atoms with Gasteiger partial charge in [-0.1, -0.05) is 26.2 Å². The average molecular weight is 289 g/mol. The Morgan fingerprint density at radius 1 is 1.29 bits per heavy atom. The molecule has 1 N–H and O–H groups in total. The SMILES string of the molecule is CCc1cc(C(=O)N(CC)C2CCCCC2)cc(NC)n1. The molecule has 1 aliphatic carbocycles. The molecular formula is C17H27N3O. The van der Waals surface area contributed by atoms with Crippen molar-refractivity contribution in [2.75, 3.05) is 18.9 Å². The fourth-order valence-corrected chi connectivity index (χ4v) is 3.15. The van der Waals surface area contributed by atoms with Gasteiger partial charge in [0.15, 0.2) is 0 Å². The third kappa shape index (κ3) is 3.74. The second-order valence-electron chi connectivity index (χ2n) is 5.72. The normalized spacial score (nSPS) is 15.8. The van der Waals surface area contributed by atoms with Crippen molar-refractivity contribution < 1.29 is 4.79 Å². The Bertz CT molecular complexity index is 459. The number of aryl methyl sites for hydroxylation is 1. The summed E-state index contributed by atoms with van der Waals surface area (Å²) in [5.74, 6) is 0.926. The van der Waals surface area contributed by atoms with Crippen LogP contribution in [0.3, 0.4) is 0 Å². The topological polar surface area (TPSA) is 45.2 Å². The van der Waals surface area contributed by atoms with E-state index >= 15 is 0 Å². The molecule has 0 unspecified atom stereocenters. The zero-order valence-corrected chi connectivity index (χ0v) is 13.5. The molecule has 0 saturated heterocycles. The zero-order valence-electron chi connectivity index (χ0n) is 13.5. The third-order valence-corrected chi connectivity index (χ3v) is 4.36. The Morgan fingerprint density at radius 2 is 2.00 bits per heavy atom. The Kier molecular flexibility index (Phi) is 5.59. The highest BCUT2D eigenvalue weighted by atomic mass is 16.2. The molecule has 4 heteroatoms. The van der Waals surface area contributed by atoms with Crippen molar-refractivity contribution in [2.24, 2.45) is 0 Å². The highest BCUT2D eigenvalue weighted by molar-refractivity contribution is 5.95. The molecule has 116 valence electrons. The van der Waals surface area contributed by atoms with Crippen LogP contribution in [0.25, 0.3) is 0 Å². The lowest BCUT2D eigenvalue weighted by atomic mass is 9.93. The van der Waals surface area contributed by atoms with Crippen molar-refractivity contribution in [1.29, 1.82) is 0 Å². The van der Waals surface area contributed by atoms with Crippen LogP contribution in [-0.4, -0.2) is 35.4 Å². The molecule has 1 aliphatic rings. The second kappa shape index (κ2) is 7.43. The largest absolute Gasteiger partial charge is 0.373 e. The Morgan fingerprint density at radius 3 is 2.57 bits per heavy atom. The fourth-order valence-electron chi connectivity index (χ4n) is 3.15. The summed E-state index contributed by atoms with van der Waals surface area (Å²) in [5, 5.41) is 3.05. The number of nitrogens with one attached hydrogen (secondary N) is 1. The lowest BCUT2D eigenvalue weighted by Gasteiger charge is -2.33. The summed E-state index contributed by atoms with van der Waals surface area (Å²) in [6.07, 6.45) is 6.92. The standard InChI is InChI=1S/C17H27N3O/c1-4-14-11-13(12-16(18-3)19-14)17(21)20(5-2)15-9-7-6-8-10-15/h11-12,15H,4-10H2,1-3H3,(H,18,19). The molecule has 21 heavy (non-hydrogen) atoms. The van der Waals surface area contributed by atoms with E-state index in [1.807, 2.05) is 24.1 Å². The van der Waals surface area contributed by atoms with E-state index in [2.05, 4.69) is 24.1 Å². The number of amides is 1. The molecule has 0 spiro atoms. The lowest BCUT2D eigenvalue weighted by molar-refractivity contribution is 0.0648. The number of hydrogen-bond acceptors (Lipinski definition) is 3. The summed E-state index contributed by atoms with van der Waals surface area (Å²) in [6.45, 7) is 4.92. The van der Waals surface area contributed by atoms with Crippen LogP contribution in [0.2, 0.25) is 0 Å². The van der Waals surface area contributed by atoms with Crippen molar-refractivity contribution in [1.82, 2.24) is 9.88 Å². The van der Waals surface area contributed by atoms with Gasteiger partial charge in [0.05, 0.1) is 0 Å². The fraction of sp³-hybridized carbons (Fsp3) is 0.647. The van der Waals surface area contributed by atoms with Crippen LogP contribution >= 0.6 is 0 Å². The third-order valence-electron chi connectivity index (χ3n) is 4.36. The summed E-state index contributed by atoms with van der Waals surface area (Å²) in [5.41, 5.74) is 1.73. The van der Waals surface area contributed by atoms with Gasteiger partial charge < -0.3 is 10.2 Å². The molecule has 0 bridgehead atoms. The summed E-state index contributed by atoms with van der Waals surface area (Å²) >= 11 is 0. The van der Waals surface area contributed by atoms with Crippen LogP contribution in [0.15, 0.2) is 12.1 Å². The van der Waals surface area contributed by atoms with E-state index in [1.165, 1.54) is 19.3 Å². The van der Waals surface area contributed by atoms with Gasteiger partial charge in [0, 0.05) is 30.9 Å². The minimum absolute atomic E-state index is 0.151. The molecule has 1 heterocycles. The number of hydrogen-bond donors (Lipinski definition) is 1. The van der Waals surface area contributed by atoms with Crippen molar-refractivity contribution in [3.8, 4) is 0 Å². The number of carbonyl (C=O) groups excluding carboxylic acids is 1. The van der Waals surface area contributed by atoms with E-state index in [-0.39, 0.29) is 5.91 Å². The van der Waals surface area contributed by atoms with Crippen LogP contribution in [0.4, 0.5) is 5.82 Å². The van der Waals surface area contributed by atoms with Crippen molar-refractivity contribution >= 4 is 11.7 Å². The first kappa shape index (κ1) is 15.8. The van der Waals surface area contributed by atoms with Crippen LogP contribution < -0.4 is 5.32 Å². The number of pyridine rings is 1. The maximum Gasteiger partial charge on any atom is 0.254 e. The van der Waals surface area contributed by atoms with E-state index in [9.17, 15) is 4.79 Å². The van der Waals surface area contributed by atoms with Gasteiger partial charge in [-0.3, -0.25) is 4.79 Å². The van der Waals surface area contributed by atoms with E-state index in [4.69, 9.17) is 0 Å². The van der Waals surface area contributed by atoms with Crippen molar-refractivity contribution in [3.63, 3.8) is 0 Å². The summed E-state index contributed by atoms with van der Waals surface area (Å²) in [7, 11) is 1.84. The molecule has 0 aliphatic heterocycles. The first-order valence-electron chi connectivity index (χ1n) is 8.19. The quantitative estimate of drug-likeness (QED) is 0.902. The first-order valence-corrected chi connectivity index (χ1v) is 8.19. The molecule has 0 atom stereocenters. The molecule has 2 rings (SSSR count). The number of anilines is 1. The minimum atomic E-state index is 0.151. The van der Waals surface area contributed by atoms with Crippen LogP contribution in [0.5, 0.6) is 0 Å². The van der Waals surface area contributed by atoms with Gasteiger partial charge in [0.25, 0.3) is 5.91 Å². The second-order valence-corrected chi connectivity index (χ2v) is 5.72. The first-order chi connectivity index (χ1) is 10.2. The van der Waals surface area contributed by atoms with Gasteiger partial charge in [-0.25, -0.2) is 4.98 Å². The molecule has 1 aromatic heterocycles. The summed E-state index contributed by atoms with van der Waals surface area (Å²) in [6, 6.07) is 4.22. The van der Waals surface area contributed by atoms with Crippen molar-refractivity contribution in [3.05, 3.63) is 23.4 Å². The predicted octanol–water partition coefficient (Wildman–Crippen LogP) is 3.48. The Hall–Kier alpha value is -1.58. The zero-order chi connectivity index (χ0) is 15.2. The molecule has 0 aromatic carbocycles. The number of nitrogens with zero attached hydrogens (tertiary/aromatic N) is 2. The van der Waals surface area contributed by atoms with Gasteiger partial charge >= 0.3 is 0 Å². The molecule has 1 saturated carbocycles. The Balaban J connectivity index is 2.23. The van der Waals surface area contributed by atoms with Gasteiger partial charge in [-0.05, 0) is 38.3 Å². The molecule has 0 radical (unpaired) electrons. The molecule has 1 aromatic rings. The van der Waals surface area contributed by atoms with Crippen LogP contribution in [0, 0.1) is 0 Å². The van der Waals surface area contributed by atoms with E-state index in [1.54, 1.807) is 0 Å². The summed E-state index contributed by atoms with van der Waals surface area (Å²) < 4.78 is 0. The maximum absolute atomic E-state index is 12.9. The average Bonchev–Trinajstić information content (AvgIpc) is 2.55. The highest BCUT2D eigenvalue weighted by Crippen LogP contribution is 2.24. The lowest BCUT2D eigenvalue weighted by Crippen LogP contribution is -2.41. The van der Waals surface area contributed by atoms with E-state index in [0.29, 0.717) is 6.04 Å². The van der Waals surface area contributed by atoms with Gasteiger partial charge in [0.2, 0.25) is 0 Å². The molecular weight excluding hydrogens is 262 g/mol. The van der Waals surface area contributed by atoms with Crippen LogP contribution in [0.1, 0.15) is 62.0 Å². The van der Waals surface area contributed by atoms with Gasteiger partial charge in [-0.15, -0.1) is 0 Å². The minimum Gasteiger partial charge on any atom is -0.373 e. The predicted molar refractivity (Wildman–Crippen MR) is 86.7 cm³/mol. The van der Waals surface area contributed by atoms with E-state index < -0.39 is 0 Å². The maximum atomic E-state index is 12.9. The summed E-state index contributed by atoms with van der Waals surface area (Å²) in [4.78, 5) is 19.4. The van der Waals surface area contributed by atoms with E-state index in [0.717, 1.165) is 42.9 Å². The molecule has 4 nitrogen and oxygen atoms in total. The van der Waals surface area contributed by atoms with Crippen LogP contribution in [-0.2, 0) is 6.42 Å². The number of rotatable bonds is 5. The highest BCUT2D eigenvalue weighted by Gasteiger charge is 2.25. The monoisotopic (exact) mass is 289 g/mol. The number of aromatic nitrogens is 1. The Labute approximate surface area is 127 Å². The van der Waals surface area contributed by atoms with Crippen molar-refractivity contribution in [2.45, 2.75) is 58.4 Å². The number of carbonyl (C=O) groups is 1. The smallest absolute Gasteiger partial charge is 0.254 e. The molecule has 1 fully saturated rings.